The van der Waals surface area contributed by atoms with Crippen molar-refractivity contribution in [1.82, 2.24) is 5.43 Å². The number of carbonyl (C=O) groups is 1. The van der Waals surface area contributed by atoms with Gasteiger partial charge in [0.1, 0.15) is 10.9 Å². The van der Waals surface area contributed by atoms with E-state index in [0.717, 1.165) is 0 Å². The summed E-state index contributed by atoms with van der Waals surface area (Å²) in [6, 6.07) is 3.26. The number of nitro groups is 1. The van der Waals surface area contributed by atoms with Crippen molar-refractivity contribution < 1.29 is 14.6 Å². The maximum absolute atomic E-state index is 11.9. The largest absolute Gasteiger partial charge is 0.292 e. The molecule has 0 bridgehead atoms. The molecule has 1 N–H and O–H groups in total. The highest BCUT2D eigenvalue weighted by Crippen LogP contribution is 2.21. The minimum atomic E-state index is -0.684. The first kappa shape index (κ1) is 11.2. The molecule has 1 atom stereocenters. The van der Waals surface area contributed by atoms with Crippen LogP contribution in [0.3, 0.4) is 0 Å². The smallest absolute Gasteiger partial charge is 0.270 e. The van der Waals surface area contributed by atoms with Gasteiger partial charge in [-0.1, -0.05) is 0 Å². The van der Waals surface area contributed by atoms with Gasteiger partial charge in [0.15, 0.2) is 5.78 Å². The second kappa shape index (κ2) is 3.93. The number of nitro benzene ring substituents is 1. The number of carbonyl (C=O) groups excluding carboxylic acids is 1. The van der Waals surface area contributed by atoms with E-state index in [4.69, 9.17) is 0 Å². The van der Waals surface area contributed by atoms with Crippen molar-refractivity contribution in [2.75, 3.05) is 0 Å². The van der Waals surface area contributed by atoms with Crippen LogP contribution in [0, 0.1) is 15.0 Å². The molecule has 7 nitrogen and oxygen atoms in total. The van der Waals surface area contributed by atoms with Crippen molar-refractivity contribution in [1.29, 1.82) is 0 Å². The van der Waals surface area contributed by atoms with E-state index in [0.29, 0.717) is 10.4 Å². The molecule has 1 unspecified atom stereocenters. The molecule has 7 heteroatoms. The van der Waals surface area contributed by atoms with Gasteiger partial charge in [0.05, 0.1) is 9.83 Å². The number of hydrogen-bond acceptors (Lipinski definition) is 4. The quantitative estimate of drug-likeness (QED) is 0.445. The molecule has 1 aliphatic heterocycles. The highest BCUT2D eigenvalue weighted by Gasteiger charge is 2.31. The van der Waals surface area contributed by atoms with E-state index in [-0.39, 0.29) is 23.6 Å². The van der Waals surface area contributed by atoms with Crippen LogP contribution in [0.1, 0.15) is 22.8 Å². The second-order valence-corrected chi connectivity index (χ2v) is 3.85. The lowest BCUT2D eigenvalue weighted by atomic mass is 10.00. The Morgan fingerprint density at radius 1 is 1.53 bits per heavy atom. The van der Waals surface area contributed by atoms with E-state index in [1.165, 1.54) is 18.2 Å². The monoisotopic (exact) mass is 236 g/mol. The lowest BCUT2D eigenvalue weighted by Gasteiger charge is -2.03. The standard InChI is InChI=1S/C10H10N3O4/c1-6-10(14)9-4-8(13(16)17)3-2-7(9)5-12(15)11-6/h2-4,6H,5H2,1H3,(H,11,15)/q+1. The van der Waals surface area contributed by atoms with Crippen molar-refractivity contribution in [2.45, 2.75) is 19.5 Å². The van der Waals surface area contributed by atoms with Gasteiger partial charge < -0.3 is 0 Å². The molecule has 0 aromatic heterocycles. The Morgan fingerprint density at radius 3 is 2.88 bits per heavy atom. The molecule has 0 radical (unpaired) electrons. The van der Waals surface area contributed by atoms with Crippen molar-refractivity contribution in [3.05, 3.63) is 44.3 Å². The zero-order valence-electron chi connectivity index (χ0n) is 9.04. The summed E-state index contributed by atoms with van der Waals surface area (Å²) in [5.41, 5.74) is 3.02. The number of nitroso groups, excluding NO2 is 1. The van der Waals surface area contributed by atoms with Gasteiger partial charge in [0.2, 0.25) is 0 Å². The van der Waals surface area contributed by atoms with Crippen LogP contribution in [0.5, 0.6) is 0 Å². The average molecular weight is 236 g/mol. The molecule has 0 saturated heterocycles. The van der Waals surface area contributed by atoms with Gasteiger partial charge in [-0.05, 0) is 13.0 Å². The summed E-state index contributed by atoms with van der Waals surface area (Å²) in [6.45, 7) is 1.53. The number of benzene rings is 1. The summed E-state index contributed by atoms with van der Waals surface area (Å²) in [5, 5.41) is 10.6. The van der Waals surface area contributed by atoms with Gasteiger partial charge in [-0.3, -0.25) is 14.9 Å². The third-order valence-corrected chi connectivity index (χ3v) is 2.61. The van der Waals surface area contributed by atoms with Crippen LogP contribution >= 0.6 is 0 Å². The van der Waals surface area contributed by atoms with E-state index in [9.17, 15) is 19.8 Å². The molecule has 0 fully saturated rings. The summed E-state index contributed by atoms with van der Waals surface area (Å²) in [5.74, 6) is -0.318. The summed E-state index contributed by atoms with van der Waals surface area (Å²) in [7, 11) is 0. The van der Waals surface area contributed by atoms with Gasteiger partial charge in [-0.2, -0.15) is 0 Å². The first-order valence-electron chi connectivity index (χ1n) is 5.01. The molecule has 0 aliphatic carbocycles. The number of non-ortho nitro benzene ring substituents is 1. The normalized spacial score (nSPS) is 19.2. The second-order valence-electron chi connectivity index (χ2n) is 3.85. The highest BCUT2D eigenvalue weighted by molar-refractivity contribution is 6.01. The Balaban J connectivity index is 2.55. The van der Waals surface area contributed by atoms with Gasteiger partial charge >= 0.3 is 0 Å². The summed E-state index contributed by atoms with van der Waals surface area (Å²) in [6.07, 6.45) is 0. The minimum Gasteiger partial charge on any atom is -0.292 e. The fourth-order valence-electron chi connectivity index (χ4n) is 1.75. The first-order valence-corrected chi connectivity index (χ1v) is 5.01. The van der Waals surface area contributed by atoms with Crippen LogP contribution in [0.4, 0.5) is 5.69 Å². The zero-order valence-corrected chi connectivity index (χ0v) is 9.04. The lowest BCUT2D eigenvalue weighted by molar-refractivity contribution is -0.624. The number of nitrogens with one attached hydrogen (secondary N) is 1. The Hall–Kier alpha value is -2.31. The van der Waals surface area contributed by atoms with Crippen LogP contribution in [0.15, 0.2) is 18.2 Å². The minimum absolute atomic E-state index is 0.0105. The number of nitrogens with zero attached hydrogens (tertiary/aromatic N) is 2. The molecule has 0 saturated carbocycles. The molecule has 1 aromatic carbocycles. The lowest BCUT2D eigenvalue weighted by Crippen LogP contribution is -2.37. The number of hydrogen-bond donors (Lipinski definition) is 1. The topological polar surface area (TPSA) is 92.3 Å². The maximum Gasteiger partial charge on any atom is 0.270 e. The van der Waals surface area contributed by atoms with Crippen LogP contribution in [0.25, 0.3) is 0 Å². The van der Waals surface area contributed by atoms with Crippen LogP contribution in [0.2, 0.25) is 0 Å². The van der Waals surface area contributed by atoms with E-state index >= 15 is 0 Å². The highest BCUT2D eigenvalue weighted by atomic mass is 16.6. The molecule has 0 amide bonds. The molecule has 1 aliphatic rings. The van der Waals surface area contributed by atoms with Gasteiger partial charge in [-0.25, -0.2) is 0 Å². The molecule has 17 heavy (non-hydrogen) atoms. The fraction of sp³-hybridized carbons (Fsp3) is 0.300. The fourth-order valence-corrected chi connectivity index (χ4v) is 1.75. The number of fused-ring (bicyclic) bond motifs is 1. The Morgan fingerprint density at radius 2 is 2.24 bits per heavy atom. The molecule has 1 heterocycles. The van der Waals surface area contributed by atoms with Crippen LogP contribution in [-0.4, -0.2) is 21.6 Å². The summed E-state index contributed by atoms with van der Waals surface area (Å²) in [4.78, 5) is 33.9. The molecule has 0 spiro atoms. The predicted octanol–water partition coefficient (Wildman–Crippen LogP) is 0.963. The van der Waals surface area contributed by atoms with Gasteiger partial charge in [-0.15, -0.1) is 5.43 Å². The molecule has 88 valence electrons. The molecule has 2 rings (SSSR count). The Bertz CT molecular complexity index is 526. The SMILES string of the molecule is CC1N[N+](=O)Cc2ccc([N+](=O)[O-])cc2C1=O. The molecular weight excluding hydrogens is 226 g/mol. The van der Waals surface area contributed by atoms with Crippen LogP contribution < -0.4 is 5.43 Å². The number of hydrazine groups is 1. The van der Waals surface area contributed by atoms with Crippen molar-refractivity contribution in [3.63, 3.8) is 0 Å². The third-order valence-electron chi connectivity index (χ3n) is 2.61. The summed E-state index contributed by atoms with van der Waals surface area (Å²) < 4.78 is 0. The molecule has 1 aromatic rings. The maximum atomic E-state index is 11.9. The van der Waals surface area contributed by atoms with Crippen molar-refractivity contribution >= 4 is 11.5 Å². The average Bonchev–Trinajstić information content (AvgIpc) is 2.37. The molecular formula is C10H10N3O4+. The first-order chi connectivity index (χ1) is 7.99. The van der Waals surface area contributed by atoms with E-state index in [1.807, 2.05) is 0 Å². The van der Waals surface area contributed by atoms with E-state index in [1.54, 1.807) is 6.92 Å². The zero-order chi connectivity index (χ0) is 12.6. The van der Waals surface area contributed by atoms with Crippen LogP contribution in [-0.2, 0) is 6.54 Å². The number of Topliss-reactive ketones (excluding diaryl/α,β-unsaturated/α-hetero) is 1. The Kier molecular flexibility index (Phi) is 2.58. The predicted molar refractivity (Wildman–Crippen MR) is 57.4 cm³/mol. The van der Waals surface area contributed by atoms with Crippen molar-refractivity contribution in [2.24, 2.45) is 0 Å². The van der Waals surface area contributed by atoms with Gasteiger partial charge in [0, 0.05) is 23.3 Å². The van der Waals surface area contributed by atoms with Gasteiger partial charge in [0.25, 0.3) is 12.2 Å². The summed E-state index contributed by atoms with van der Waals surface area (Å²) >= 11 is 0. The van der Waals surface area contributed by atoms with Crippen molar-refractivity contribution in [3.8, 4) is 0 Å². The number of ketones is 1. The van der Waals surface area contributed by atoms with E-state index in [2.05, 4.69) is 5.43 Å². The Labute approximate surface area is 96.1 Å². The number of rotatable bonds is 1. The third kappa shape index (κ3) is 1.99. The van der Waals surface area contributed by atoms with E-state index < -0.39 is 11.0 Å².